The number of hydrogen-bond donors (Lipinski definition) is 1. The third kappa shape index (κ3) is 3.76. The van der Waals surface area contributed by atoms with E-state index in [9.17, 15) is 18.0 Å². The normalized spacial score (nSPS) is 13.3. The summed E-state index contributed by atoms with van der Waals surface area (Å²) in [5.74, 6) is -1.91. The first kappa shape index (κ1) is 13.5. The second-order valence-corrected chi connectivity index (χ2v) is 4.11. The molecule has 17 heavy (non-hydrogen) atoms. The Hall–Kier alpha value is -1.52. The van der Waals surface area contributed by atoms with Gasteiger partial charge in [-0.25, -0.2) is 0 Å². The lowest BCUT2D eigenvalue weighted by Gasteiger charge is -2.16. The summed E-state index contributed by atoms with van der Waals surface area (Å²) in [5.41, 5.74) is 2.57. The van der Waals surface area contributed by atoms with Gasteiger partial charge in [0.05, 0.1) is 6.04 Å². The first-order chi connectivity index (χ1) is 7.70. The van der Waals surface area contributed by atoms with Crippen molar-refractivity contribution in [2.75, 3.05) is 0 Å². The molecule has 0 aromatic heterocycles. The maximum atomic E-state index is 12.1. The number of aryl methyl sites for hydroxylation is 2. The van der Waals surface area contributed by atoms with Gasteiger partial charge in [0.1, 0.15) is 0 Å². The molecule has 0 saturated carbocycles. The second-order valence-electron chi connectivity index (χ2n) is 4.11. The van der Waals surface area contributed by atoms with Crippen molar-refractivity contribution >= 4 is 5.91 Å². The van der Waals surface area contributed by atoms with Crippen molar-refractivity contribution in [3.63, 3.8) is 0 Å². The van der Waals surface area contributed by atoms with Crippen molar-refractivity contribution in [1.29, 1.82) is 0 Å². The molecule has 1 aromatic rings. The summed E-state index contributed by atoms with van der Waals surface area (Å²) < 4.78 is 36.2. The molecule has 1 unspecified atom stereocenters. The van der Waals surface area contributed by atoms with Crippen molar-refractivity contribution in [3.8, 4) is 0 Å². The molecule has 5 heteroatoms. The van der Waals surface area contributed by atoms with Crippen LogP contribution in [0.2, 0.25) is 0 Å². The first-order valence-electron chi connectivity index (χ1n) is 5.16. The molecule has 0 aliphatic rings. The number of alkyl halides is 3. The zero-order chi connectivity index (χ0) is 13.2. The van der Waals surface area contributed by atoms with Crippen molar-refractivity contribution in [2.24, 2.45) is 0 Å². The lowest BCUT2D eigenvalue weighted by molar-refractivity contribution is -0.174. The van der Waals surface area contributed by atoms with Gasteiger partial charge in [-0.1, -0.05) is 29.3 Å². The lowest BCUT2D eigenvalue weighted by Crippen LogP contribution is -2.38. The average Bonchev–Trinajstić information content (AvgIpc) is 2.14. The summed E-state index contributed by atoms with van der Waals surface area (Å²) in [6.07, 6.45) is -4.84. The summed E-state index contributed by atoms with van der Waals surface area (Å²) in [7, 11) is 0. The average molecular weight is 245 g/mol. The number of carbonyl (C=O) groups is 1. The Morgan fingerprint density at radius 2 is 1.65 bits per heavy atom. The van der Waals surface area contributed by atoms with Crippen molar-refractivity contribution in [2.45, 2.75) is 33.0 Å². The van der Waals surface area contributed by atoms with E-state index < -0.39 is 18.1 Å². The van der Waals surface area contributed by atoms with Gasteiger partial charge in [-0.15, -0.1) is 0 Å². The van der Waals surface area contributed by atoms with Gasteiger partial charge in [0.25, 0.3) is 0 Å². The van der Waals surface area contributed by atoms with Gasteiger partial charge in [-0.05, 0) is 26.3 Å². The van der Waals surface area contributed by atoms with Crippen LogP contribution in [0.15, 0.2) is 18.2 Å². The number of halogens is 3. The van der Waals surface area contributed by atoms with Gasteiger partial charge in [-0.3, -0.25) is 4.79 Å². The molecule has 0 spiro atoms. The van der Waals surface area contributed by atoms with Gasteiger partial charge >= 0.3 is 12.1 Å². The van der Waals surface area contributed by atoms with E-state index in [-0.39, 0.29) is 0 Å². The van der Waals surface area contributed by atoms with Crippen molar-refractivity contribution < 1.29 is 18.0 Å². The van der Waals surface area contributed by atoms with E-state index in [0.717, 1.165) is 11.1 Å². The molecule has 0 heterocycles. The van der Waals surface area contributed by atoms with Crippen LogP contribution in [0, 0.1) is 13.8 Å². The Balaban J connectivity index is 2.83. The highest BCUT2D eigenvalue weighted by atomic mass is 19.4. The minimum Gasteiger partial charge on any atom is -0.342 e. The van der Waals surface area contributed by atoms with Crippen molar-refractivity contribution in [3.05, 3.63) is 34.9 Å². The smallest absolute Gasteiger partial charge is 0.342 e. The molecule has 1 aromatic carbocycles. The molecular weight excluding hydrogens is 231 g/mol. The third-order valence-electron chi connectivity index (χ3n) is 2.35. The van der Waals surface area contributed by atoms with E-state index in [1.54, 1.807) is 12.1 Å². The van der Waals surface area contributed by atoms with Gasteiger partial charge in [-0.2, -0.15) is 13.2 Å². The predicted molar refractivity (Wildman–Crippen MR) is 58.5 cm³/mol. The van der Waals surface area contributed by atoms with Crippen LogP contribution in [-0.4, -0.2) is 12.1 Å². The van der Waals surface area contributed by atoms with Crippen LogP contribution in [0.4, 0.5) is 13.2 Å². The zero-order valence-corrected chi connectivity index (χ0v) is 9.85. The number of nitrogens with one attached hydrogen (secondary N) is 1. The fourth-order valence-electron chi connectivity index (χ4n) is 1.62. The molecule has 0 aliphatic carbocycles. The minimum absolute atomic E-state index is 0.664. The Morgan fingerprint density at radius 3 is 2.06 bits per heavy atom. The largest absolute Gasteiger partial charge is 0.471 e. The second kappa shape index (κ2) is 4.77. The van der Waals surface area contributed by atoms with E-state index in [2.05, 4.69) is 0 Å². The highest BCUT2D eigenvalue weighted by Gasteiger charge is 2.39. The highest BCUT2D eigenvalue weighted by Crippen LogP contribution is 2.20. The van der Waals surface area contributed by atoms with E-state index in [1.165, 1.54) is 6.92 Å². The van der Waals surface area contributed by atoms with E-state index in [1.807, 2.05) is 25.2 Å². The molecule has 0 saturated heterocycles. The first-order valence-corrected chi connectivity index (χ1v) is 5.16. The molecule has 1 atom stereocenters. The van der Waals surface area contributed by atoms with Gasteiger partial charge < -0.3 is 5.32 Å². The molecule has 1 rings (SSSR count). The minimum atomic E-state index is -4.84. The molecule has 2 nitrogen and oxygen atoms in total. The highest BCUT2D eigenvalue weighted by molar-refractivity contribution is 5.82. The topological polar surface area (TPSA) is 29.1 Å². The van der Waals surface area contributed by atoms with E-state index in [4.69, 9.17) is 0 Å². The maximum absolute atomic E-state index is 12.1. The standard InChI is InChI=1S/C12H14F3NO/c1-7-4-8(2)6-10(5-7)9(3)16-11(17)12(13,14)15/h4-6,9H,1-3H3,(H,16,17). The van der Waals surface area contributed by atoms with Crippen LogP contribution in [0.5, 0.6) is 0 Å². The number of amides is 1. The molecule has 0 fully saturated rings. The van der Waals surface area contributed by atoms with Crippen LogP contribution in [-0.2, 0) is 4.79 Å². The van der Waals surface area contributed by atoms with Crippen LogP contribution < -0.4 is 5.32 Å². The monoisotopic (exact) mass is 245 g/mol. The number of benzene rings is 1. The molecule has 0 aliphatic heterocycles. The van der Waals surface area contributed by atoms with Crippen LogP contribution in [0.3, 0.4) is 0 Å². The summed E-state index contributed by atoms with van der Waals surface area (Å²) in [5, 5.41) is 1.93. The van der Waals surface area contributed by atoms with Crippen LogP contribution in [0.1, 0.15) is 29.7 Å². The van der Waals surface area contributed by atoms with E-state index in [0.29, 0.717) is 5.56 Å². The predicted octanol–water partition coefficient (Wildman–Crippen LogP) is 3.04. The van der Waals surface area contributed by atoms with Gasteiger partial charge in [0.2, 0.25) is 0 Å². The summed E-state index contributed by atoms with van der Waals surface area (Å²) >= 11 is 0. The summed E-state index contributed by atoms with van der Waals surface area (Å²) in [6, 6.07) is 4.77. The molecular formula is C12H14F3NO. The Labute approximate surface area is 97.8 Å². The fourth-order valence-corrected chi connectivity index (χ4v) is 1.62. The van der Waals surface area contributed by atoms with Gasteiger partial charge in [0, 0.05) is 0 Å². The lowest BCUT2D eigenvalue weighted by atomic mass is 10.0. The number of rotatable bonds is 2. The quantitative estimate of drug-likeness (QED) is 0.852. The molecule has 1 N–H and O–H groups in total. The molecule has 0 bridgehead atoms. The number of hydrogen-bond acceptors (Lipinski definition) is 1. The SMILES string of the molecule is Cc1cc(C)cc(C(C)NC(=O)C(F)(F)F)c1. The molecule has 1 amide bonds. The summed E-state index contributed by atoms with van der Waals surface area (Å²) in [4.78, 5) is 10.8. The number of carbonyl (C=O) groups excluding carboxylic acids is 1. The van der Waals surface area contributed by atoms with Gasteiger partial charge in [0.15, 0.2) is 0 Å². The Bertz CT molecular complexity index is 406. The van der Waals surface area contributed by atoms with Crippen LogP contribution in [0.25, 0.3) is 0 Å². The van der Waals surface area contributed by atoms with Crippen LogP contribution >= 0.6 is 0 Å². The maximum Gasteiger partial charge on any atom is 0.471 e. The molecule has 94 valence electrons. The zero-order valence-electron chi connectivity index (χ0n) is 9.85. The Kier molecular flexibility index (Phi) is 3.80. The van der Waals surface area contributed by atoms with E-state index >= 15 is 0 Å². The Morgan fingerprint density at radius 1 is 1.18 bits per heavy atom. The third-order valence-corrected chi connectivity index (χ3v) is 2.35. The fraction of sp³-hybridized carbons (Fsp3) is 0.417. The molecule has 0 radical (unpaired) electrons. The summed E-state index contributed by atoms with van der Waals surface area (Å²) in [6.45, 7) is 5.24. The van der Waals surface area contributed by atoms with Crippen molar-refractivity contribution in [1.82, 2.24) is 5.32 Å².